The van der Waals surface area contributed by atoms with Gasteiger partial charge in [0, 0.05) is 38.4 Å². The number of nitrogens with zero attached hydrogens (tertiary/aromatic N) is 4. The number of hydrogen-bond acceptors (Lipinski definition) is 6. The molecule has 6 heteroatoms. The van der Waals surface area contributed by atoms with Crippen molar-refractivity contribution in [1.82, 2.24) is 20.1 Å². The van der Waals surface area contributed by atoms with E-state index in [2.05, 4.69) is 32.2 Å². The van der Waals surface area contributed by atoms with Crippen LogP contribution in [0.15, 0.2) is 22.6 Å². The Hall–Kier alpha value is -1.79. The summed E-state index contributed by atoms with van der Waals surface area (Å²) >= 11 is 0. The molecular weight excluding hydrogens is 292 g/mol. The van der Waals surface area contributed by atoms with E-state index in [0.29, 0.717) is 11.9 Å². The Morgan fingerprint density at radius 1 is 1.26 bits per heavy atom. The number of aromatic nitrogens is 3. The summed E-state index contributed by atoms with van der Waals surface area (Å²) in [7, 11) is 0. The topological polar surface area (TPSA) is 64.3 Å². The van der Waals surface area contributed by atoms with Gasteiger partial charge < -0.3 is 9.15 Å². The van der Waals surface area contributed by atoms with Gasteiger partial charge in [0.05, 0.1) is 17.7 Å². The summed E-state index contributed by atoms with van der Waals surface area (Å²) in [4.78, 5) is 7.13. The minimum absolute atomic E-state index is 0.236. The highest BCUT2D eigenvalue weighted by Gasteiger charge is 2.42. The standard InChI is InChI=1S/C17H22N4O2/c1-11-4-3-5-14(18-11)10-21-9-13(17-20-19-12(2)23-17)8-16-15(21)6-7-22-16/h3-5,13,15-16H,6-10H2,1-2H3/t13-,15-,16-/m1/s1. The molecule has 2 aromatic heterocycles. The van der Waals surface area contributed by atoms with Gasteiger partial charge in [0.1, 0.15) is 0 Å². The summed E-state index contributed by atoms with van der Waals surface area (Å²) in [5.41, 5.74) is 2.17. The predicted octanol–water partition coefficient (Wildman–Crippen LogP) is 2.23. The molecule has 0 aliphatic carbocycles. The van der Waals surface area contributed by atoms with Gasteiger partial charge in [-0.25, -0.2) is 0 Å². The minimum Gasteiger partial charge on any atom is -0.425 e. The van der Waals surface area contributed by atoms with Crippen LogP contribution in [0.1, 0.15) is 41.9 Å². The van der Waals surface area contributed by atoms with Crippen LogP contribution < -0.4 is 0 Å². The summed E-state index contributed by atoms with van der Waals surface area (Å²) in [5, 5.41) is 8.20. The molecule has 0 bridgehead atoms. The van der Waals surface area contributed by atoms with Crippen molar-refractivity contribution in [3.05, 3.63) is 41.4 Å². The van der Waals surface area contributed by atoms with Crippen LogP contribution >= 0.6 is 0 Å². The number of ether oxygens (including phenoxy) is 1. The van der Waals surface area contributed by atoms with Gasteiger partial charge in [0.25, 0.3) is 0 Å². The van der Waals surface area contributed by atoms with Crippen molar-refractivity contribution in [2.75, 3.05) is 13.2 Å². The first-order chi connectivity index (χ1) is 11.2. The van der Waals surface area contributed by atoms with E-state index in [0.717, 1.165) is 49.8 Å². The Labute approximate surface area is 135 Å². The fraction of sp³-hybridized carbons (Fsp3) is 0.588. The van der Waals surface area contributed by atoms with Crippen molar-refractivity contribution in [2.24, 2.45) is 0 Å². The van der Waals surface area contributed by atoms with Gasteiger partial charge >= 0.3 is 0 Å². The van der Waals surface area contributed by atoms with Crippen LogP contribution in [0.25, 0.3) is 0 Å². The van der Waals surface area contributed by atoms with Crippen LogP contribution in [0, 0.1) is 13.8 Å². The van der Waals surface area contributed by atoms with Crippen molar-refractivity contribution in [3.63, 3.8) is 0 Å². The molecule has 0 radical (unpaired) electrons. The number of piperidine rings is 1. The van der Waals surface area contributed by atoms with Gasteiger partial charge in [0.15, 0.2) is 0 Å². The van der Waals surface area contributed by atoms with Crippen molar-refractivity contribution in [3.8, 4) is 0 Å². The molecule has 0 unspecified atom stereocenters. The van der Waals surface area contributed by atoms with Gasteiger partial charge in [-0.2, -0.15) is 0 Å². The highest BCUT2D eigenvalue weighted by atomic mass is 16.5. The molecule has 0 aromatic carbocycles. The van der Waals surface area contributed by atoms with Gasteiger partial charge in [0.2, 0.25) is 11.8 Å². The van der Waals surface area contributed by atoms with Crippen LogP contribution in [-0.2, 0) is 11.3 Å². The molecule has 23 heavy (non-hydrogen) atoms. The van der Waals surface area contributed by atoms with Crippen LogP contribution in [-0.4, -0.2) is 45.4 Å². The average molecular weight is 314 g/mol. The van der Waals surface area contributed by atoms with Crippen molar-refractivity contribution < 1.29 is 9.15 Å². The van der Waals surface area contributed by atoms with E-state index in [1.54, 1.807) is 0 Å². The summed E-state index contributed by atoms with van der Waals surface area (Å²) in [6, 6.07) is 6.67. The smallest absolute Gasteiger partial charge is 0.220 e. The first-order valence-electron chi connectivity index (χ1n) is 8.27. The average Bonchev–Trinajstić information content (AvgIpc) is 3.16. The lowest BCUT2D eigenvalue weighted by atomic mass is 9.89. The van der Waals surface area contributed by atoms with Crippen LogP contribution in [0.5, 0.6) is 0 Å². The Bertz CT molecular complexity index is 687. The van der Waals surface area contributed by atoms with E-state index >= 15 is 0 Å². The molecule has 2 fully saturated rings. The summed E-state index contributed by atoms with van der Waals surface area (Å²) in [6.07, 6.45) is 2.31. The van der Waals surface area contributed by atoms with Crippen molar-refractivity contribution in [2.45, 2.75) is 51.3 Å². The SMILES string of the molecule is Cc1cccc(CN2C[C@H](c3nnc(C)o3)C[C@H]3OCC[C@H]32)n1. The minimum atomic E-state index is 0.236. The number of fused-ring (bicyclic) bond motifs is 1. The first kappa shape index (κ1) is 14.8. The summed E-state index contributed by atoms with van der Waals surface area (Å²) in [6.45, 7) is 6.47. The molecule has 0 spiro atoms. The molecule has 6 nitrogen and oxygen atoms in total. The molecule has 3 atom stereocenters. The quantitative estimate of drug-likeness (QED) is 0.865. The molecule has 2 aliphatic heterocycles. The van der Waals surface area contributed by atoms with Crippen molar-refractivity contribution >= 4 is 0 Å². The van der Waals surface area contributed by atoms with Gasteiger partial charge in [-0.15, -0.1) is 10.2 Å². The van der Waals surface area contributed by atoms with Gasteiger partial charge in [-0.05, 0) is 31.9 Å². The first-order valence-corrected chi connectivity index (χ1v) is 8.27. The number of rotatable bonds is 3. The molecule has 2 aliphatic rings. The second-order valence-electron chi connectivity index (χ2n) is 6.56. The maximum atomic E-state index is 5.96. The third-order valence-corrected chi connectivity index (χ3v) is 4.82. The van der Waals surface area contributed by atoms with Crippen LogP contribution in [0.2, 0.25) is 0 Å². The molecular formula is C17H22N4O2. The maximum Gasteiger partial charge on any atom is 0.220 e. The molecule has 2 saturated heterocycles. The van der Waals surface area contributed by atoms with E-state index in [4.69, 9.17) is 9.15 Å². The lowest BCUT2D eigenvalue weighted by molar-refractivity contribution is 0.00873. The predicted molar refractivity (Wildman–Crippen MR) is 83.9 cm³/mol. The Morgan fingerprint density at radius 3 is 2.96 bits per heavy atom. The maximum absolute atomic E-state index is 5.96. The monoisotopic (exact) mass is 314 g/mol. The van der Waals surface area contributed by atoms with E-state index in [9.17, 15) is 0 Å². The number of likely N-dealkylation sites (tertiary alicyclic amines) is 1. The number of pyridine rings is 1. The van der Waals surface area contributed by atoms with E-state index in [-0.39, 0.29) is 12.0 Å². The second kappa shape index (κ2) is 6.02. The molecule has 4 heterocycles. The molecule has 0 saturated carbocycles. The zero-order valence-corrected chi connectivity index (χ0v) is 13.6. The van der Waals surface area contributed by atoms with Gasteiger partial charge in [-0.3, -0.25) is 9.88 Å². The Balaban J connectivity index is 1.56. The molecule has 2 aromatic rings. The highest BCUT2D eigenvalue weighted by Crippen LogP contribution is 2.36. The third kappa shape index (κ3) is 3.01. The molecule has 4 rings (SSSR count). The fourth-order valence-corrected chi connectivity index (χ4v) is 3.79. The number of hydrogen-bond donors (Lipinski definition) is 0. The lowest BCUT2D eigenvalue weighted by Gasteiger charge is -2.39. The zero-order chi connectivity index (χ0) is 15.8. The normalized spacial score (nSPS) is 28.0. The highest BCUT2D eigenvalue weighted by molar-refractivity contribution is 5.11. The van der Waals surface area contributed by atoms with E-state index in [1.165, 1.54) is 0 Å². The fourth-order valence-electron chi connectivity index (χ4n) is 3.79. The Morgan fingerprint density at radius 2 is 2.17 bits per heavy atom. The summed E-state index contributed by atoms with van der Waals surface area (Å²) in [5.74, 6) is 1.60. The van der Waals surface area contributed by atoms with E-state index in [1.807, 2.05) is 19.9 Å². The van der Waals surface area contributed by atoms with Gasteiger partial charge in [-0.1, -0.05) is 6.07 Å². The van der Waals surface area contributed by atoms with E-state index < -0.39 is 0 Å². The largest absolute Gasteiger partial charge is 0.425 e. The lowest BCUT2D eigenvalue weighted by Crippen LogP contribution is -2.48. The second-order valence-corrected chi connectivity index (χ2v) is 6.56. The molecule has 0 N–H and O–H groups in total. The number of aryl methyl sites for hydroxylation is 2. The summed E-state index contributed by atoms with van der Waals surface area (Å²) < 4.78 is 11.6. The third-order valence-electron chi connectivity index (χ3n) is 4.82. The zero-order valence-electron chi connectivity index (χ0n) is 13.6. The molecule has 0 amide bonds. The van der Waals surface area contributed by atoms with Crippen LogP contribution in [0.4, 0.5) is 0 Å². The molecule has 122 valence electrons. The van der Waals surface area contributed by atoms with Crippen LogP contribution in [0.3, 0.4) is 0 Å². The van der Waals surface area contributed by atoms with Crippen molar-refractivity contribution in [1.29, 1.82) is 0 Å². The Kier molecular flexibility index (Phi) is 3.87.